The molecule has 0 aliphatic heterocycles. The Morgan fingerprint density at radius 1 is 1.26 bits per heavy atom. The predicted molar refractivity (Wildman–Crippen MR) is 108 cm³/mol. The molecule has 0 bridgehead atoms. The van der Waals surface area contributed by atoms with E-state index >= 15 is 0 Å². The number of aromatic nitrogens is 1. The number of hydrogen-bond acceptors (Lipinski definition) is 4. The Balaban J connectivity index is 1.75. The lowest BCUT2D eigenvalue weighted by atomic mass is 10.1. The first kappa shape index (κ1) is 19.7. The van der Waals surface area contributed by atoms with Crippen LogP contribution in [-0.4, -0.2) is 23.0 Å². The third-order valence-electron chi connectivity index (χ3n) is 3.91. The van der Waals surface area contributed by atoms with Crippen LogP contribution in [0.25, 0.3) is 10.2 Å². The number of nitrogens with zero attached hydrogens (tertiary/aromatic N) is 1. The molecule has 27 heavy (non-hydrogen) atoms. The molecule has 5 nitrogen and oxygen atoms in total. The quantitative estimate of drug-likeness (QED) is 0.534. The summed E-state index contributed by atoms with van der Waals surface area (Å²) >= 11 is 13.3. The number of fused-ring (bicyclic) bond motifs is 1. The number of benzene rings is 2. The largest absolute Gasteiger partial charge is 0.497 e. The highest BCUT2D eigenvalue weighted by molar-refractivity contribution is 7.22. The summed E-state index contributed by atoms with van der Waals surface area (Å²) in [7, 11) is 1.58. The first-order chi connectivity index (χ1) is 12.9. The van der Waals surface area contributed by atoms with Gasteiger partial charge in [0.2, 0.25) is 0 Å². The second-order valence-corrected chi connectivity index (χ2v) is 7.97. The van der Waals surface area contributed by atoms with E-state index in [-0.39, 0.29) is 0 Å². The zero-order chi connectivity index (χ0) is 19.6. The van der Waals surface area contributed by atoms with Crippen molar-refractivity contribution < 1.29 is 13.9 Å². The minimum atomic E-state index is -0.961. The van der Waals surface area contributed by atoms with E-state index < -0.39 is 22.7 Å². The molecule has 0 radical (unpaired) electrons. The summed E-state index contributed by atoms with van der Waals surface area (Å²) in [4.78, 5) is 15.7. The van der Waals surface area contributed by atoms with Crippen LogP contribution in [0.1, 0.15) is 17.2 Å². The Morgan fingerprint density at radius 3 is 2.70 bits per heavy atom. The van der Waals surface area contributed by atoms with Gasteiger partial charge in [0.25, 0.3) is 0 Å². The molecule has 0 saturated carbocycles. The average Bonchev–Trinajstić information content (AvgIpc) is 3.02. The number of carbonyl (C=O) groups is 1. The summed E-state index contributed by atoms with van der Waals surface area (Å²) in [5, 5.41) is 5.72. The molecule has 0 aliphatic carbocycles. The number of nitrogens with one attached hydrogen (secondary N) is 2. The third-order valence-corrected chi connectivity index (χ3v) is 5.35. The smallest absolute Gasteiger partial charge is 0.321 e. The fourth-order valence-electron chi connectivity index (χ4n) is 2.45. The van der Waals surface area contributed by atoms with Crippen molar-refractivity contribution in [1.29, 1.82) is 0 Å². The zero-order valence-electron chi connectivity index (χ0n) is 14.4. The van der Waals surface area contributed by atoms with Gasteiger partial charge >= 0.3 is 6.03 Å². The minimum absolute atomic E-state index is 0.395. The zero-order valence-corrected chi connectivity index (χ0v) is 16.8. The van der Waals surface area contributed by atoms with Gasteiger partial charge in [-0.05, 0) is 42.3 Å². The number of alkyl halides is 2. The lowest BCUT2D eigenvalue weighted by molar-refractivity contribution is 0.249. The lowest BCUT2D eigenvalue weighted by Crippen LogP contribution is -2.35. The Morgan fingerprint density at radius 2 is 2.04 bits per heavy atom. The molecule has 1 heterocycles. The van der Waals surface area contributed by atoms with Crippen molar-refractivity contribution >= 4 is 55.9 Å². The van der Waals surface area contributed by atoms with Crippen molar-refractivity contribution in [1.82, 2.24) is 10.3 Å². The van der Waals surface area contributed by atoms with Gasteiger partial charge < -0.3 is 10.1 Å². The number of halogens is 3. The van der Waals surface area contributed by atoms with E-state index in [1.165, 1.54) is 17.4 Å². The fourth-order valence-corrected chi connectivity index (χ4v) is 3.76. The summed E-state index contributed by atoms with van der Waals surface area (Å²) in [5.74, 6) is 0.310. The number of rotatable bonds is 5. The maximum absolute atomic E-state index is 13.8. The Hall–Kier alpha value is -2.09. The van der Waals surface area contributed by atoms with E-state index in [1.807, 2.05) is 6.07 Å². The molecule has 142 valence electrons. The Kier molecular flexibility index (Phi) is 6.04. The van der Waals surface area contributed by atoms with Gasteiger partial charge in [0.15, 0.2) is 5.13 Å². The molecule has 3 aromatic rings. The Bertz CT molecular complexity index is 980. The van der Waals surface area contributed by atoms with E-state index in [9.17, 15) is 9.18 Å². The molecule has 0 unspecified atom stereocenters. The van der Waals surface area contributed by atoms with Crippen molar-refractivity contribution in [2.45, 2.75) is 17.8 Å². The van der Waals surface area contributed by atoms with Crippen LogP contribution >= 0.6 is 34.5 Å². The SMILES string of the molecule is COc1ccc2nc(NC(=O)N[C@H](c3ccc(C)c(F)c3)C(Cl)Cl)sc2c1. The number of ether oxygens (including phenoxy) is 1. The predicted octanol–water partition coefficient (Wildman–Crippen LogP) is 5.42. The minimum Gasteiger partial charge on any atom is -0.497 e. The summed E-state index contributed by atoms with van der Waals surface area (Å²) in [5.41, 5.74) is 1.70. The number of urea groups is 1. The van der Waals surface area contributed by atoms with E-state index in [0.717, 1.165) is 10.2 Å². The topological polar surface area (TPSA) is 63.2 Å². The molecule has 2 aromatic carbocycles. The van der Waals surface area contributed by atoms with Crippen LogP contribution in [0.4, 0.5) is 14.3 Å². The van der Waals surface area contributed by atoms with Crippen molar-refractivity contribution in [3.8, 4) is 5.75 Å². The molecule has 0 spiro atoms. The fraction of sp³-hybridized carbons (Fsp3) is 0.222. The van der Waals surface area contributed by atoms with Gasteiger partial charge in [-0.2, -0.15) is 0 Å². The number of hydrogen-bond donors (Lipinski definition) is 2. The van der Waals surface area contributed by atoms with Gasteiger partial charge in [-0.3, -0.25) is 5.32 Å². The molecule has 0 saturated heterocycles. The van der Waals surface area contributed by atoms with Crippen LogP contribution in [0.3, 0.4) is 0 Å². The molecule has 1 atom stereocenters. The molecule has 1 aromatic heterocycles. The van der Waals surface area contributed by atoms with Crippen molar-refractivity contribution in [2.75, 3.05) is 12.4 Å². The highest BCUT2D eigenvalue weighted by Crippen LogP contribution is 2.30. The number of anilines is 1. The van der Waals surface area contributed by atoms with Gasteiger partial charge in [-0.1, -0.05) is 23.5 Å². The summed E-state index contributed by atoms with van der Waals surface area (Å²) in [6.45, 7) is 1.65. The number of methoxy groups -OCH3 is 1. The normalized spacial score (nSPS) is 12.2. The van der Waals surface area contributed by atoms with E-state index in [1.54, 1.807) is 38.3 Å². The lowest BCUT2D eigenvalue weighted by Gasteiger charge is -2.20. The highest BCUT2D eigenvalue weighted by Gasteiger charge is 2.23. The van der Waals surface area contributed by atoms with Gasteiger partial charge in [-0.15, -0.1) is 23.2 Å². The van der Waals surface area contributed by atoms with Crippen LogP contribution in [0.5, 0.6) is 5.75 Å². The van der Waals surface area contributed by atoms with Crippen molar-refractivity contribution in [3.63, 3.8) is 0 Å². The maximum atomic E-state index is 13.8. The monoisotopic (exact) mass is 427 g/mol. The molecule has 0 fully saturated rings. The van der Waals surface area contributed by atoms with Crippen LogP contribution < -0.4 is 15.4 Å². The molecule has 3 rings (SSSR count). The molecule has 2 amide bonds. The van der Waals surface area contributed by atoms with Crippen molar-refractivity contribution in [2.24, 2.45) is 0 Å². The second-order valence-electron chi connectivity index (χ2n) is 5.77. The number of thiazole rings is 1. The van der Waals surface area contributed by atoms with Crippen LogP contribution in [0, 0.1) is 12.7 Å². The summed E-state index contributed by atoms with van der Waals surface area (Å²) in [6.07, 6.45) is 0. The standard InChI is InChI=1S/C18H16Cl2FN3O2S/c1-9-3-4-10(7-12(9)21)15(16(19)20)23-17(25)24-18-22-13-6-5-11(26-2)8-14(13)27-18/h3-8,15-16H,1-2H3,(H2,22,23,24,25)/t15-/m1/s1. The number of amides is 2. The Labute approximate surface area is 169 Å². The molecule has 0 aliphatic rings. The van der Waals surface area contributed by atoms with Gasteiger partial charge in [-0.25, -0.2) is 14.2 Å². The first-order valence-corrected chi connectivity index (χ1v) is 9.62. The second kappa shape index (κ2) is 8.29. The van der Waals surface area contributed by atoms with Gasteiger partial charge in [0.05, 0.1) is 23.4 Å². The summed E-state index contributed by atoms with van der Waals surface area (Å²) < 4.78 is 19.9. The van der Waals surface area contributed by atoms with Crippen LogP contribution in [0.2, 0.25) is 0 Å². The number of carbonyl (C=O) groups excluding carboxylic acids is 1. The molecule has 2 N–H and O–H groups in total. The van der Waals surface area contributed by atoms with Crippen LogP contribution in [-0.2, 0) is 0 Å². The highest BCUT2D eigenvalue weighted by atomic mass is 35.5. The van der Waals surface area contributed by atoms with E-state index in [0.29, 0.717) is 22.0 Å². The molecular weight excluding hydrogens is 412 g/mol. The van der Waals surface area contributed by atoms with Gasteiger partial charge in [0.1, 0.15) is 16.4 Å². The van der Waals surface area contributed by atoms with Gasteiger partial charge in [0, 0.05) is 0 Å². The molecule has 9 heteroatoms. The summed E-state index contributed by atoms with van der Waals surface area (Å²) in [6, 6.07) is 8.69. The van der Waals surface area contributed by atoms with Crippen LogP contribution in [0.15, 0.2) is 36.4 Å². The average molecular weight is 428 g/mol. The van der Waals surface area contributed by atoms with E-state index in [2.05, 4.69) is 15.6 Å². The van der Waals surface area contributed by atoms with E-state index in [4.69, 9.17) is 27.9 Å². The first-order valence-electron chi connectivity index (χ1n) is 7.93. The molecular formula is C18H16Cl2FN3O2S. The number of aryl methyl sites for hydroxylation is 1. The maximum Gasteiger partial charge on any atom is 0.321 e. The van der Waals surface area contributed by atoms with Crippen molar-refractivity contribution in [3.05, 3.63) is 53.3 Å². The third kappa shape index (κ3) is 4.61.